The predicted octanol–water partition coefficient (Wildman–Crippen LogP) is 2.32. The van der Waals surface area contributed by atoms with Crippen LogP contribution in [0.5, 0.6) is 0 Å². The van der Waals surface area contributed by atoms with E-state index in [-0.39, 0.29) is 5.91 Å². The molecule has 6 heteroatoms. The summed E-state index contributed by atoms with van der Waals surface area (Å²) in [7, 11) is 0. The van der Waals surface area contributed by atoms with E-state index >= 15 is 0 Å². The minimum absolute atomic E-state index is 0.279. The summed E-state index contributed by atoms with van der Waals surface area (Å²) in [5.41, 5.74) is 3.76. The summed E-state index contributed by atoms with van der Waals surface area (Å²) in [6.07, 6.45) is 0. The fourth-order valence-electron chi connectivity index (χ4n) is 2.38. The molecular weight excluding hydrogens is 320 g/mol. The highest BCUT2D eigenvalue weighted by molar-refractivity contribution is 9.10. The third kappa shape index (κ3) is 2.43. The number of carbonyl (C=O) groups is 1. The van der Waals surface area contributed by atoms with Gasteiger partial charge < -0.3 is 0 Å². The van der Waals surface area contributed by atoms with Crippen molar-refractivity contribution in [2.45, 2.75) is 12.8 Å². The van der Waals surface area contributed by atoms with Crippen LogP contribution in [0.3, 0.4) is 0 Å². The number of nitrogens with zero attached hydrogens (tertiary/aromatic N) is 3. The molecule has 0 spiro atoms. The van der Waals surface area contributed by atoms with E-state index in [4.69, 9.17) is 0 Å². The van der Waals surface area contributed by atoms with Crippen molar-refractivity contribution in [1.29, 1.82) is 10.5 Å². The summed E-state index contributed by atoms with van der Waals surface area (Å²) in [5.74, 6) is -2.35. The van der Waals surface area contributed by atoms with Crippen LogP contribution >= 0.6 is 15.9 Å². The molecule has 1 aromatic carbocycles. The van der Waals surface area contributed by atoms with Gasteiger partial charge in [-0.25, -0.2) is 5.43 Å². The Balaban J connectivity index is 2.55. The fraction of sp³-hybridized carbons (Fsp3) is 0.286. The third-order valence-corrected chi connectivity index (χ3v) is 4.06. The first-order valence-electron chi connectivity index (χ1n) is 5.97. The number of halogens is 1. The van der Waals surface area contributed by atoms with Gasteiger partial charge in [0.15, 0.2) is 0 Å². The van der Waals surface area contributed by atoms with Gasteiger partial charge in [0.25, 0.3) is 0 Å². The van der Waals surface area contributed by atoms with Crippen LogP contribution in [0.4, 0.5) is 0 Å². The molecule has 1 heterocycles. The Morgan fingerprint density at radius 1 is 1.35 bits per heavy atom. The molecule has 1 aliphatic heterocycles. The van der Waals surface area contributed by atoms with E-state index in [0.717, 1.165) is 10.0 Å². The molecule has 1 aliphatic rings. The molecule has 2 rings (SSSR count). The summed E-state index contributed by atoms with van der Waals surface area (Å²) in [6, 6.07) is 11.3. The van der Waals surface area contributed by atoms with Crippen LogP contribution in [-0.4, -0.2) is 11.6 Å². The second kappa shape index (κ2) is 5.85. The highest BCUT2D eigenvalue weighted by Crippen LogP contribution is 2.38. The van der Waals surface area contributed by atoms with Crippen LogP contribution in [0.25, 0.3) is 0 Å². The maximum absolute atomic E-state index is 12.0. The van der Waals surface area contributed by atoms with Gasteiger partial charge in [0.2, 0.25) is 5.91 Å². The molecule has 20 heavy (non-hydrogen) atoms. The van der Waals surface area contributed by atoms with Gasteiger partial charge in [0.1, 0.15) is 5.92 Å². The Hall–Kier alpha value is -2.18. The normalized spacial score (nSPS) is 18.9. The number of rotatable bonds is 3. The molecule has 0 aliphatic carbocycles. The zero-order chi connectivity index (χ0) is 14.7. The van der Waals surface area contributed by atoms with Crippen molar-refractivity contribution in [1.82, 2.24) is 5.43 Å². The molecule has 1 N–H and O–H groups in total. The standard InChI is InChI=1S/C14H11BrN4O/c1-8-12(14(20)19-18-8)13(9(6-16)7-17)10-4-2-3-5-11(10)15/h2-5,9,12-13H,1H3,(H,19,20). The summed E-state index contributed by atoms with van der Waals surface area (Å²) in [4.78, 5) is 12.0. The topological polar surface area (TPSA) is 89.0 Å². The maximum atomic E-state index is 12.0. The molecule has 0 saturated carbocycles. The number of nitriles is 2. The van der Waals surface area contributed by atoms with Crippen molar-refractivity contribution in [2.24, 2.45) is 16.9 Å². The Kier molecular flexibility index (Phi) is 4.16. The number of hydrazone groups is 1. The number of benzene rings is 1. The van der Waals surface area contributed by atoms with Crippen molar-refractivity contribution in [3.63, 3.8) is 0 Å². The van der Waals surface area contributed by atoms with Crippen LogP contribution < -0.4 is 5.43 Å². The largest absolute Gasteiger partial charge is 0.272 e. The highest BCUT2D eigenvalue weighted by Gasteiger charge is 2.41. The number of nitrogens with one attached hydrogen (secondary N) is 1. The van der Waals surface area contributed by atoms with Crippen LogP contribution in [0, 0.1) is 34.5 Å². The van der Waals surface area contributed by atoms with Crippen LogP contribution in [-0.2, 0) is 4.79 Å². The lowest BCUT2D eigenvalue weighted by molar-refractivity contribution is -0.122. The van der Waals surface area contributed by atoms with Crippen molar-refractivity contribution in [3.8, 4) is 12.1 Å². The van der Waals surface area contributed by atoms with E-state index in [1.807, 2.05) is 36.4 Å². The van der Waals surface area contributed by atoms with E-state index in [1.165, 1.54) is 0 Å². The summed E-state index contributed by atoms with van der Waals surface area (Å²) < 4.78 is 0.771. The van der Waals surface area contributed by atoms with E-state index in [0.29, 0.717) is 5.71 Å². The van der Waals surface area contributed by atoms with E-state index in [1.54, 1.807) is 6.92 Å². The fourth-order valence-corrected chi connectivity index (χ4v) is 2.93. The van der Waals surface area contributed by atoms with Crippen molar-refractivity contribution < 1.29 is 4.79 Å². The first kappa shape index (κ1) is 14.2. The van der Waals surface area contributed by atoms with Gasteiger partial charge in [-0.3, -0.25) is 4.79 Å². The van der Waals surface area contributed by atoms with E-state index in [2.05, 4.69) is 26.5 Å². The second-order valence-electron chi connectivity index (χ2n) is 4.49. The van der Waals surface area contributed by atoms with Crippen molar-refractivity contribution >= 4 is 27.5 Å². The SMILES string of the molecule is CC1=NNC(=O)C1C(c1ccccc1Br)C(C#N)C#N. The molecule has 100 valence electrons. The predicted molar refractivity (Wildman–Crippen MR) is 76.3 cm³/mol. The summed E-state index contributed by atoms with van der Waals surface area (Å²) in [6.45, 7) is 1.72. The lowest BCUT2D eigenvalue weighted by Gasteiger charge is -2.24. The highest BCUT2D eigenvalue weighted by atomic mass is 79.9. The van der Waals surface area contributed by atoms with E-state index < -0.39 is 17.8 Å². The summed E-state index contributed by atoms with van der Waals surface area (Å²) in [5, 5.41) is 22.4. The van der Waals surface area contributed by atoms with Gasteiger partial charge in [-0.2, -0.15) is 15.6 Å². The Bertz CT molecular complexity index is 642. The number of amides is 1. The molecule has 0 radical (unpaired) electrons. The first-order valence-corrected chi connectivity index (χ1v) is 6.77. The van der Waals surface area contributed by atoms with Crippen LogP contribution in [0.1, 0.15) is 18.4 Å². The molecule has 0 saturated heterocycles. The monoisotopic (exact) mass is 330 g/mol. The summed E-state index contributed by atoms with van der Waals surface area (Å²) >= 11 is 3.42. The van der Waals surface area contributed by atoms with Gasteiger partial charge in [-0.1, -0.05) is 34.1 Å². The Morgan fingerprint density at radius 3 is 2.50 bits per heavy atom. The minimum atomic E-state index is -0.923. The molecule has 1 amide bonds. The van der Waals surface area contributed by atoms with Crippen molar-refractivity contribution in [2.75, 3.05) is 0 Å². The zero-order valence-corrected chi connectivity index (χ0v) is 12.3. The molecule has 0 bridgehead atoms. The van der Waals surface area contributed by atoms with Gasteiger partial charge in [0, 0.05) is 16.1 Å². The molecular formula is C14H11BrN4O. The van der Waals surface area contributed by atoms with Crippen molar-refractivity contribution in [3.05, 3.63) is 34.3 Å². The maximum Gasteiger partial charge on any atom is 0.249 e. The number of carbonyl (C=O) groups excluding carboxylic acids is 1. The molecule has 5 nitrogen and oxygen atoms in total. The van der Waals surface area contributed by atoms with Gasteiger partial charge in [0.05, 0.1) is 18.1 Å². The van der Waals surface area contributed by atoms with Gasteiger partial charge in [-0.05, 0) is 18.6 Å². The average molecular weight is 331 g/mol. The minimum Gasteiger partial charge on any atom is -0.272 e. The van der Waals surface area contributed by atoms with Gasteiger partial charge in [-0.15, -0.1) is 0 Å². The average Bonchev–Trinajstić information content (AvgIpc) is 2.77. The third-order valence-electron chi connectivity index (χ3n) is 3.34. The smallest absolute Gasteiger partial charge is 0.249 e. The number of hydrogen-bond donors (Lipinski definition) is 1. The number of hydrogen-bond acceptors (Lipinski definition) is 4. The lowest BCUT2D eigenvalue weighted by Crippen LogP contribution is -2.32. The van der Waals surface area contributed by atoms with Gasteiger partial charge >= 0.3 is 0 Å². The molecule has 0 aromatic heterocycles. The lowest BCUT2D eigenvalue weighted by atomic mass is 9.76. The van der Waals surface area contributed by atoms with Crippen LogP contribution in [0.15, 0.2) is 33.8 Å². The Morgan fingerprint density at radius 2 is 2.00 bits per heavy atom. The molecule has 2 atom stereocenters. The quantitative estimate of drug-likeness (QED) is 0.922. The van der Waals surface area contributed by atoms with Crippen LogP contribution in [0.2, 0.25) is 0 Å². The van der Waals surface area contributed by atoms with E-state index in [9.17, 15) is 15.3 Å². The zero-order valence-electron chi connectivity index (χ0n) is 10.7. The Labute approximate surface area is 125 Å². The molecule has 1 aromatic rings. The molecule has 2 unspecified atom stereocenters. The second-order valence-corrected chi connectivity index (χ2v) is 5.34. The molecule has 0 fully saturated rings. The first-order chi connectivity index (χ1) is 9.60.